The third-order valence-corrected chi connectivity index (χ3v) is 2.73. The molecule has 0 aliphatic rings. The number of likely N-dealkylation sites (N-methyl/N-ethyl adjacent to an activating group) is 1. The summed E-state index contributed by atoms with van der Waals surface area (Å²) >= 11 is 0. The smallest absolute Gasteiger partial charge is 0.313 e. The number of hydrogen-bond acceptors (Lipinski definition) is 4. The van der Waals surface area contributed by atoms with Gasteiger partial charge in [0.05, 0.1) is 13.5 Å². The first-order chi connectivity index (χ1) is 9.43. The number of aryl methyl sites for hydroxylation is 1. The van der Waals surface area contributed by atoms with Gasteiger partial charge in [0.2, 0.25) is 0 Å². The lowest BCUT2D eigenvalue weighted by molar-refractivity contribution is -0.144. The van der Waals surface area contributed by atoms with Gasteiger partial charge in [-0.05, 0) is 19.1 Å². The van der Waals surface area contributed by atoms with Crippen LogP contribution in [0.4, 0.5) is 5.69 Å². The van der Waals surface area contributed by atoms with E-state index in [2.05, 4.69) is 10.1 Å². The predicted octanol–water partition coefficient (Wildman–Crippen LogP) is 0.955. The number of esters is 1. The van der Waals surface area contributed by atoms with Crippen LogP contribution >= 0.6 is 0 Å². The van der Waals surface area contributed by atoms with Crippen molar-refractivity contribution in [2.24, 2.45) is 0 Å². The minimum Gasteiger partial charge on any atom is -0.469 e. The third-order valence-electron chi connectivity index (χ3n) is 2.73. The highest BCUT2D eigenvalue weighted by molar-refractivity contribution is 6.39. The Labute approximate surface area is 117 Å². The summed E-state index contributed by atoms with van der Waals surface area (Å²) in [6, 6.07) is 7.10. The Morgan fingerprint density at radius 2 is 1.80 bits per heavy atom. The van der Waals surface area contributed by atoms with Crippen LogP contribution in [0.15, 0.2) is 24.3 Å². The van der Waals surface area contributed by atoms with E-state index in [-0.39, 0.29) is 13.0 Å². The molecule has 0 spiro atoms. The summed E-state index contributed by atoms with van der Waals surface area (Å²) < 4.78 is 4.47. The summed E-state index contributed by atoms with van der Waals surface area (Å²) in [5.74, 6) is -1.86. The van der Waals surface area contributed by atoms with Crippen LogP contribution in [0.3, 0.4) is 0 Å². The Balaban J connectivity index is 2.51. The first-order valence-corrected chi connectivity index (χ1v) is 6.14. The average Bonchev–Trinajstić information content (AvgIpc) is 2.45. The van der Waals surface area contributed by atoms with Gasteiger partial charge in [0.25, 0.3) is 0 Å². The number of nitrogens with one attached hydrogen (secondary N) is 1. The van der Waals surface area contributed by atoms with E-state index in [1.807, 2.05) is 19.1 Å². The van der Waals surface area contributed by atoms with E-state index in [0.717, 1.165) is 5.56 Å². The van der Waals surface area contributed by atoms with E-state index in [4.69, 9.17) is 0 Å². The highest BCUT2D eigenvalue weighted by Gasteiger charge is 2.19. The number of hydrogen-bond donors (Lipinski definition) is 1. The summed E-state index contributed by atoms with van der Waals surface area (Å²) in [4.78, 5) is 35.7. The highest BCUT2D eigenvalue weighted by Crippen LogP contribution is 2.08. The van der Waals surface area contributed by atoms with Gasteiger partial charge in [-0.2, -0.15) is 0 Å². The molecule has 0 fully saturated rings. The zero-order chi connectivity index (χ0) is 15.1. The molecule has 0 saturated carbocycles. The van der Waals surface area contributed by atoms with E-state index >= 15 is 0 Å². The molecule has 0 aliphatic heterocycles. The fourth-order valence-electron chi connectivity index (χ4n) is 1.46. The SMILES string of the molecule is COC(=O)CCN(C)C(=O)C(=O)Nc1ccc(C)cc1. The summed E-state index contributed by atoms with van der Waals surface area (Å²) in [6.07, 6.45) is 0.0521. The second kappa shape index (κ2) is 7.28. The van der Waals surface area contributed by atoms with Crippen LogP contribution in [-0.4, -0.2) is 43.4 Å². The van der Waals surface area contributed by atoms with Gasteiger partial charge in [0, 0.05) is 19.3 Å². The number of rotatable bonds is 4. The summed E-state index contributed by atoms with van der Waals surface area (Å²) in [5, 5.41) is 2.51. The molecule has 0 saturated heterocycles. The second-order valence-electron chi connectivity index (χ2n) is 4.37. The van der Waals surface area contributed by atoms with E-state index in [1.165, 1.54) is 19.1 Å². The van der Waals surface area contributed by atoms with Gasteiger partial charge in [0.1, 0.15) is 0 Å². The van der Waals surface area contributed by atoms with E-state index in [9.17, 15) is 14.4 Å². The lowest BCUT2D eigenvalue weighted by Crippen LogP contribution is -2.38. The molecule has 20 heavy (non-hydrogen) atoms. The Morgan fingerprint density at radius 1 is 1.20 bits per heavy atom. The summed E-state index contributed by atoms with van der Waals surface area (Å²) in [6.45, 7) is 2.06. The van der Waals surface area contributed by atoms with Gasteiger partial charge < -0.3 is 15.0 Å². The quantitative estimate of drug-likeness (QED) is 0.657. The average molecular weight is 278 g/mol. The molecule has 0 aliphatic carbocycles. The van der Waals surface area contributed by atoms with Crippen molar-refractivity contribution in [3.63, 3.8) is 0 Å². The number of methoxy groups -OCH3 is 1. The van der Waals surface area contributed by atoms with Crippen molar-refractivity contribution in [2.75, 3.05) is 26.0 Å². The van der Waals surface area contributed by atoms with E-state index in [1.54, 1.807) is 12.1 Å². The molecule has 6 heteroatoms. The lowest BCUT2D eigenvalue weighted by Gasteiger charge is -2.15. The van der Waals surface area contributed by atoms with Crippen LogP contribution in [0.2, 0.25) is 0 Å². The maximum absolute atomic E-state index is 11.8. The molecule has 0 atom stereocenters. The monoisotopic (exact) mass is 278 g/mol. The maximum Gasteiger partial charge on any atom is 0.313 e. The Hall–Kier alpha value is -2.37. The molecular formula is C14H18N2O4. The first kappa shape index (κ1) is 15.7. The third kappa shape index (κ3) is 4.72. The van der Waals surface area contributed by atoms with E-state index < -0.39 is 17.8 Å². The van der Waals surface area contributed by atoms with Gasteiger partial charge in [-0.1, -0.05) is 17.7 Å². The zero-order valence-corrected chi connectivity index (χ0v) is 11.8. The molecule has 1 N–H and O–H groups in total. The number of ether oxygens (including phenoxy) is 1. The van der Waals surface area contributed by atoms with Crippen molar-refractivity contribution in [1.29, 1.82) is 0 Å². The number of anilines is 1. The predicted molar refractivity (Wildman–Crippen MR) is 74.1 cm³/mol. The number of carbonyl (C=O) groups is 3. The van der Waals surface area contributed by atoms with Gasteiger partial charge in [-0.25, -0.2) is 0 Å². The molecule has 2 amide bonds. The molecule has 1 aromatic carbocycles. The van der Waals surface area contributed by atoms with Gasteiger partial charge in [-0.3, -0.25) is 14.4 Å². The number of amides is 2. The second-order valence-corrected chi connectivity index (χ2v) is 4.37. The van der Waals surface area contributed by atoms with Gasteiger partial charge in [-0.15, -0.1) is 0 Å². The first-order valence-electron chi connectivity index (χ1n) is 6.14. The Bertz CT molecular complexity index is 496. The highest BCUT2D eigenvalue weighted by atomic mass is 16.5. The maximum atomic E-state index is 11.8. The molecule has 0 aromatic heterocycles. The van der Waals surface area contributed by atoms with Crippen molar-refractivity contribution < 1.29 is 19.1 Å². The molecule has 0 bridgehead atoms. The largest absolute Gasteiger partial charge is 0.469 e. The van der Waals surface area contributed by atoms with Crippen molar-refractivity contribution in [3.8, 4) is 0 Å². The topological polar surface area (TPSA) is 75.7 Å². The van der Waals surface area contributed by atoms with Gasteiger partial charge in [0.15, 0.2) is 0 Å². The van der Waals surface area contributed by atoms with Crippen LogP contribution in [0.25, 0.3) is 0 Å². The van der Waals surface area contributed by atoms with E-state index in [0.29, 0.717) is 5.69 Å². The van der Waals surface area contributed by atoms with Crippen LogP contribution in [-0.2, 0) is 19.1 Å². The summed E-state index contributed by atoms with van der Waals surface area (Å²) in [7, 11) is 2.73. The zero-order valence-electron chi connectivity index (χ0n) is 11.8. The van der Waals surface area contributed by atoms with Crippen molar-refractivity contribution in [2.45, 2.75) is 13.3 Å². The fraction of sp³-hybridized carbons (Fsp3) is 0.357. The summed E-state index contributed by atoms with van der Waals surface area (Å²) in [5.41, 5.74) is 1.61. The van der Waals surface area contributed by atoms with Gasteiger partial charge >= 0.3 is 17.8 Å². The Kier molecular flexibility index (Phi) is 5.71. The normalized spacial score (nSPS) is 9.75. The molecule has 0 unspecified atom stereocenters. The molecule has 108 valence electrons. The standard InChI is InChI=1S/C14H18N2O4/c1-10-4-6-11(7-5-10)15-13(18)14(19)16(2)9-8-12(17)20-3/h4-7H,8-9H2,1-3H3,(H,15,18). The molecule has 6 nitrogen and oxygen atoms in total. The molecule has 0 heterocycles. The molecule has 1 rings (SSSR count). The number of carbonyl (C=O) groups excluding carboxylic acids is 3. The molecular weight excluding hydrogens is 260 g/mol. The number of nitrogens with zero attached hydrogens (tertiary/aromatic N) is 1. The van der Waals surface area contributed by atoms with Crippen LogP contribution in [0.1, 0.15) is 12.0 Å². The van der Waals surface area contributed by atoms with Crippen LogP contribution in [0, 0.1) is 6.92 Å². The number of benzene rings is 1. The minimum atomic E-state index is -0.735. The van der Waals surface area contributed by atoms with Crippen LogP contribution < -0.4 is 5.32 Å². The lowest BCUT2D eigenvalue weighted by atomic mass is 10.2. The van der Waals surface area contributed by atoms with Crippen LogP contribution in [0.5, 0.6) is 0 Å². The minimum absolute atomic E-state index is 0.0521. The van der Waals surface area contributed by atoms with Crippen molar-refractivity contribution >= 4 is 23.5 Å². The van der Waals surface area contributed by atoms with Crippen molar-refractivity contribution in [3.05, 3.63) is 29.8 Å². The molecule has 1 aromatic rings. The molecule has 0 radical (unpaired) electrons. The fourth-order valence-corrected chi connectivity index (χ4v) is 1.46. The Morgan fingerprint density at radius 3 is 2.35 bits per heavy atom. The van der Waals surface area contributed by atoms with Crippen molar-refractivity contribution in [1.82, 2.24) is 4.90 Å².